The first-order chi connectivity index (χ1) is 27.5. The predicted molar refractivity (Wildman–Crippen MR) is 241 cm³/mol. The molecule has 10 aromatic rings. The van der Waals surface area contributed by atoms with Crippen LogP contribution in [0.2, 0.25) is 0 Å². The molecule has 0 spiro atoms. The average molecular weight is 732 g/mol. The fourth-order valence-corrected chi connectivity index (χ4v) is 11.2. The number of fused-ring (bicyclic) bond motifs is 11. The molecule has 264 valence electrons. The van der Waals surface area contributed by atoms with Gasteiger partial charge in [0, 0.05) is 47.7 Å². The number of nitrogens with zero attached hydrogens (tertiary/aromatic N) is 1. The third kappa shape index (κ3) is 4.31. The first-order valence-corrected chi connectivity index (χ1v) is 20.4. The lowest BCUT2D eigenvalue weighted by Crippen LogP contribution is -2.14. The normalized spacial score (nSPS) is 13.4. The highest BCUT2D eigenvalue weighted by Gasteiger charge is 2.35. The minimum Gasteiger partial charge on any atom is -0.310 e. The monoisotopic (exact) mass is 731 g/mol. The summed E-state index contributed by atoms with van der Waals surface area (Å²) in [4.78, 5) is 2.50. The Balaban J connectivity index is 1.09. The smallest absolute Gasteiger partial charge is 0.0546 e. The van der Waals surface area contributed by atoms with E-state index in [0.717, 1.165) is 11.4 Å². The number of rotatable bonds is 4. The van der Waals surface area contributed by atoms with Crippen LogP contribution in [0.3, 0.4) is 0 Å². The molecule has 1 nitrogen and oxygen atoms in total. The number of benzene rings is 9. The van der Waals surface area contributed by atoms with Gasteiger partial charge in [-0.25, -0.2) is 0 Å². The topological polar surface area (TPSA) is 3.24 Å². The van der Waals surface area contributed by atoms with Crippen molar-refractivity contribution in [2.45, 2.75) is 26.2 Å². The molecule has 9 aromatic carbocycles. The van der Waals surface area contributed by atoms with Crippen LogP contribution in [0, 0.1) is 6.92 Å². The highest BCUT2D eigenvalue weighted by atomic mass is 32.1. The third-order valence-electron chi connectivity index (χ3n) is 12.8. The van der Waals surface area contributed by atoms with Gasteiger partial charge in [0.2, 0.25) is 0 Å². The summed E-state index contributed by atoms with van der Waals surface area (Å²) in [5, 5.41) is 7.85. The minimum absolute atomic E-state index is 0.00652. The van der Waals surface area contributed by atoms with Gasteiger partial charge in [-0.3, -0.25) is 0 Å². The van der Waals surface area contributed by atoms with Gasteiger partial charge in [0.1, 0.15) is 0 Å². The van der Waals surface area contributed by atoms with Gasteiger partial charge in [0.15, 0.2) is 0 Å². The molecule has 2 aliphatic carbocycles. The summed E-state index contributed by atoms with van der Waals surface area (Å²) in [6.45, 7) is 7.00. The van der Waals surface area contributed by atoms with Gasteiger partial charge in [-0.1, -0.05) is 135 Å². The van der Waals surface area contributed by atoms with Crippen LogP contribution >= 0.6 is 11.3 Å². The standard InChI is InChI=1S/C54H37NS/c1-32-37-12-4-6-16-41(37)52-48(28-26-43-38-13-5-7-17-42(38)51(32)53(43)52)55(36-25-29-50-45(31-36)40-15-9-11-19-49(40)56-50)35-23-20-33(21-24-35)34-22-27-47-44(30-34)39-14-8-10-18-46(39)54(47,2)3/h4-31H,1-3H3. The predicted octanol–water partition coefficient (Wildman–Crippen LogP) is 15.8. The van der Waals surface area contributed by atoms with Gasteiger partial charge in [-0.15, -0.1) is 11.3 Å². The zero-order valence-corrected chi connectivity index (χ0v) is 32.3. The van der Waals surface area contributed by atoms with Crippen molar-refractivity contribution in [2.75, 3.05) is 4.90 Å². The minimum atomic E-state index is -0.00652. The van der Waals surface area contributed by atoms with Gasteiger partial charge in [0.25, 0.3) is 0 Å². The van der Waals surface area contributed by atoms with Crippen LogP contribution in [0.1, 0.15) is 30.5 Å². The molecule has 0 bridgehead atoms. The molecular weight excluding hydrogens is 695 g/mol. The summed E-state index contributed by atoms with van der Waals surface area (Å²) in [6, 6.07) is 63.8. The van der Waals surface area contributed by atoms with Crippen molar-refractivity contribution >= 4 is 70.1 Å². The molecule has 1 heterocycles. The lowest BCUT2D eigenvalue weighted by atomic mass is 9.82. The maximum Gasteiger partial charge on any atom is 0.0546 e. The van der Waals surface area contributed by atoms with E-state index in [1.54, 1.807) is 0 Å². The molecule has 0 unspecified atom stereocenters. The van der Waals surface area contributed by atoms with Gasteiger partial charge < -0.3 is 4.90 Å². The van der Waals surface area contributed by atoms with E-state index in [1.165, 1.54) is 109 Å². The number of hydrogen-bond acceptors (Lipinski definition) is 2. The molecule has 0 aliphatic heterocycles. The molecule has 2 aliphatic rings. The molecular formula is C54H37NS. The van der Waals surface area contributed by atoms with E-state index < -0.39 is 0 Å². The summed E-state index contributed by atoms with van der Waals surface area (Å²) in [5.41, 5.74) is 18.1. The second-order valence-corrected chi connectivity index (χ2v) is 17.1. The van der Waals surface area contributed by atoms with E-state index >= 15 is 0 Å². The maximum atomic E-state index is 2.50. The first kappa shape index (κ1) is 31.8. The van der Waals surface area contributed by atoms with Crippen molar-refractivity contribution in [1.82, 2.24) is 0 Å². The quantitative estimate of drug-likeness (QED) is 0.163. The maximum absolute atomic E-state index is 2.50. The van der Waals surface area contributed by atoms with Crippen molar-refractivity contribution in [3.63, 3.8) is 0 Å². The van der Waals surface area contributed by atoms with E-state index in [4.69, 9.17) is 0 Å². The molecule has 0 radical (unpaired) electrons. The Morgan fingerprint density at radius 2 is 1.07 bits per heavy atom. The van der Waals surface area contributed by atoms with Crippen molar-refractivity contribution < 1.29 is 0 Å². The van der Waals surface area contributed by atoms with Crippen LogP contribution in [0.4, 0.5) is 17.1 Å². The Bertz CT molecular complexity index is 3290. The van der Waals surface area contributed by atoms with Gasteiger partial charge in [-0.2, -0.15) is 0 Å². The Morgan fingerprint density at radius 3 is 1.91 bits per heavy atom. The fourth-order valence-electron chi connectivity index (χ4n) is 10.1. The lowest BCUT2D eigenvalue weighted by Gasteiger charge is -2.28. The van der Waals surface area contributed by atoms with Crippen molar-refractivity contribution in [3.8, 4) is 44.5 Å². The largest absolute Gasteiger partial charge is 0.310 e. The zero-order valence-electron chi connectivity index (χ0n) is 31.5. The lowest BCUT2D eigenvalue weighted by molar-refractivity contribution is 0.660. The molecule has 2 heteroatoms. The fraction of sp³-hybridized carbons (Fsp3) is 0.0741. The zero-order chi connectivity index (χ0) is 37.3. The Hall–Kier alpha value is -6.48. The van der Waals surface area contributed by atoms with Gasteiger partial charge >= 0.3 is 0 Å². The molecule has 0 N–H and O–H groups in total. The second-order valence-electron chi connectivity index (χ2n) is 16.1. The molecule has 0 saturated heterocycles. The van der Waals surface area contributed by atoms with E-state index in [0.29, 0.717) is 0 Å². The number of anilines is 3. The van der Waals surface area contributed by atoms with Crippen LogP contribution in [-0.2, 0) is 5.41 Å². The third-order valence-corrected chi connectivity index (χ3v) is 13.9. The molecule has 0 fully saturated rings. The van der Waals surface area contributed by atoms with Crippen molar-refractivity contribution in [3.05, 3.63) is 187 Å². The van der Waals surface area contributed by atoms with E-state index in [-0.39, 0.29) is 5.41 Å². The molecule has 0 saturated carbocycles. The summed E-state index contributed by atoms with van der Waals surface area (Å²) >= 11 is 1.87. The van der Waals surface area contributed by atoms with Crippen LogP contribution in [-0.4, -0.2) is 0 Å². The Kier molecular flexibility index (Phi) is 6.55. The van der Waals surface area contributed by atoms with E-state index in [2.05, 4.69) is 196 Å². The second kappa shape index (κ2) is 11.5. The van der Waals surface area contributed by atoms with Crippen LogP contribution in [0.15, 0.2) is 170 Å². The average Bonchev–Trinajstić information content (AvgIpc) is 3.86. The summed E-state index contributed by atoms with van der Waals surface area (Å²) < 4.78 is 2.63. The number of thiophene rings is 1. The molecule has 56 heavy (non-hydrogen) atoms. The van der Waals surface area contributed by atoms with Crippen molar-refractivity contribution in [2.24, 2.45) is 0 Å². The molecule has 12 rings (SSSR count). The van der Waals surface area contributed by atoms with Gasteiger partial charge in [-0.05, 0) is 127 Å². The van der Waals surface area contributed by atoms with Crippen LogP contribution in [0.25, 0.3) is 86.2 Å². The van der Waals surface area contributed by atoms with E-state index in [1.807, 2.05) is 11.3 Å². The van der Waals surface area contributed by atoms with Crippen LogP contribution < -0.4 is 4.90 Å². The summed E-state index contributed by atoms with van der Waals surface area (Å²) in [6.07, 6.45) is 0. The Labute approximate surface area is 330 Å². The van der Waals surface area contributed by atoms with Gasteiger partial charge in [0.05, 0.1) is 5.69 Å². The summed E-state index contributed by atoms with van der Waals surface area (Å²) in [7, 11) is 0. The van der Waals surface area contributed by atoms with Crippen molar-refractivity contribution in [1.29, 1.82) is 0 Å². The van der Waals surface area contributed by atoms with Crippen LogP contribution in [0.5, 0.6) is 0 Å². The number of aryl methyl sites for hydroxylation is 1. The molecule has 1 aromatic heterocycles. The molecule has 0 atom stereocenters. The summed E-state index contributed by atoms with van der Waals surface area (Å²) in [5.74, 6) is 0. The number of hydrogen-bond donors (Lipinski definition) is 0. The SMILES string of the molecule is Cc1c2c3c(ccc(N(c4ccc(-c5ccc6c(c5)-c5ccccc5C6(C)C)cc4)c4ccc5sc6ccccc6c5c4)c3c3ccccc13)-c1ccccc1-2. The first-order valence-electron chi connectivity index (χ1n) is 19.6. The highest BCUT2D eigenvalue weighted by Crippen LogP contribution is 2.55. The highest BCUT2D eigenvalue weighted by molar-refractivity contribution is 7.25. The Morgan fingerprint density at radius 1 is 0.429 bits per heavy atom. The van der Waals surface area contributed by atoms with E-state index in [9.17, 15) is 0 Å². The molecule has 0 amide bonds.